The Balaban J connectivity index is 2.34. The third-order valence-electron chi connectivity index (χ3n) is 2.57. The topological polar surface area (TPSA) is 57.9 Å². The number of rotatable bonds is 1. The van der Waals surface area contributed by atoms with Gasteiger partial charge in [-0.25, -0.2) is 0 Å². The van der Waals surface area contributed by atoms with E-state index in [0.29, 0.717) is 12.6 Å². The summed E-state index contributed by atoms with van der Waals surface area (Å²) in [4.78, 5) is 2.26. The van der Waals surface area contributed by atoms with Gasteiger partial charge in [0.2, 0.25) is 0 Å². The molecule has 2 heterocycles. The first-order valence-corrected chi connectivity index (χ1v) is 4.25. The highest BCUT2D eigenvalue weighted by atomic mass is 15.2. The molecule has 1 unspecified atom stereocenters. The number of aromatic amines is 1. The Morgan fingerprint density at radius 2 is 2.67 bits per heavy atom. The fourth-order valence-electron chi connectivity index (χ4n) is 1.78. The second kappa shape index (κ2) is 2.88. The number of likely N-dealkylation sites (N-methyl/N-ethyl adjacent to an activating group) is 1. The second-order valence-corrected chi connectivity index (χ2v) is 3.29. The molecule has 4 nitrogen and oxygen atoms in total. The minimum Gasteiger partial charge on any atom is -0.329 e. The van der Waals surface area contributed by atoms with Crippen molar-refractivity contribution in [2.75, 3.05) is 20.1 Å². The van der Waals surface area contributed by atoms with Crippen molar-refractivity contribution in [3.05, 3.63) is 17.5 Å². The molecule has 3 N–H and O–H groups in total. The van der Waals surface area contributed by atoms with Crippen molar-refractivity contribution in [2.45, 2.75) is 12.5 Å². The van der Waals surface area contributed by atoms with Gasteiger partial charge >= 0.3 is 0 Å². The van der Waals surface area contributed by atoms with Crippen molar-refractivity contribution < 1.29 is 0 Å². The Morgan fingerprint density at radius 1 is 1.83 bits per heavy atom. The maximum Gasteiger partial charge on any atom is 0.0639 e. The molecule has 0 spiro atoms. The number of aromatic nitrogens is 2. The Labute approximate surface area is 71.7 Å². The zero-order chi connectivity index (χ0) is 8.55. The average molecular weight is 166 g/mol. The molecule has 0 amide bonds. The van der Waals surface area contributed by atoms with E-state index in [2.05, 4.69) is 22.1 Å². The van der Waals surface area contributed by atoms with Gasteiger partial charge in [-0.3, -0.25) is 10.00 Å². The predicted molar refractivity (Wildman–Crippen MR) is 46.7 cm³/mol. The third kappa shape index (κ3) is 1.04. The molecule has 1 atom stereocenters. The molecule has 0 aromatic carbocycles. The van der Waals surface area contributed by atoms with E-state index in [1.807, 2.05) is 6.20 Å². The lowest BCUT2D eigenvalue weighted by Gasteiger charge is -2.30. The summed E-state index contributed by atoms with van der Waals surface area (Å²) in [5, 5.41) is 7.05. The minimum atomic E-state index is 0.330. The van der Waals surface area contributed by atoms with Gasteiger partial charge in [-0.05, 0) is 19.0 Å². The van der Waals surface area contributed by atoms with Gasteiger partial charge in [0, 0.05) is 13.1 Å². The number of H-pyrrole nitrogens is 1. The summed E-state index contributed by atoms with van der Waals surface area (Å²) in [5.41, 5.74) is 8.20. The molecule has 0 bridgehead atoms. The van der Waals surface area contributed by atoms with Crippen LogP contribution in [0.25, 0.3) is 0 Å². The molecule has 1 aromatic rings. The molecule has 0 saturated carbocycles. The highest BCUT2D eigenvalue weighted by Gasteiger charge is 2.24. The average Bonchev–Trinajstić information content (AvgIpc) is 2.52. The molecule has 0 saturated heterocycles. The summed E-state index contributed by atoms with van der Waals surface area (Å²) < 4.78 is 0. The van der Waals surface area contributed by atoms with Gasteiger partial charge < -0.3 is 5.73 Å². The summed E-state index contributed by atoms with van der Waals surface area (Å²) in [6.07, 6.45) is 2.99. The first-order chi connectivity index (χ1) is 5.83. The maximum absolute atomic E-state index is 5.68. The van der Waals surface area contributed by atoms with E-state index < -0.39 is 0 Å². The molecule has 1 aliphatic heterocycles. The lowest BCUT2D eigenvalue weighted by atomic mass is 10.0. The van der Waals surface area contributed by atoms with E-state index in [-0.39, 0.29) is 0 Å². The zero-order valence-electron chi connectivity index (χ0n) is 7.25. The second-order valence-electron chi connectivity index (χ2n) is 3.29. The molecule has 2 rings (SSSR count). The van der Waals surface area contributed by atoms with Crippen molar-refractivity contribution in [1.82, 2.24) is 15.1 Å². The van der Waals surface area contributed by atoms with Gasteiger partial charge in [0.25, 0.3) is 0 Å². The first-order valence-electron chi connectivity index (χ1n) is 4.25. The highest BCUT2D eigenvalue weighted by molar-refractivity contribution is 5.23. The summed E-state index contributed by atoms with van der Waals surface area (Å²) in [5.74, 6) is 0. The van der Waals surface area contributed by atoms with E-state index >= 15 is 0 Å². The monoisotopic (exact) mass is 166 g/mol. The van der Waals surface area contributed by atoms with Gasteiger partial charge in [0.15, 0.2) is 0 Å². The van der Waals surface area contributed by atoms with Crippen LogP contribution in [0.2, 0.25) is 0 Å². The molecule has 66 valence electrons. The Hall–Kier alpha value is -0.870. The van der Waals surface area contributed by atoms with Crippen molar-refractivity contribution in [2.24, 2.45) is 5.73 Å². The van der Waals surface area contributed by atoms with Crippen LogP contribution >= 0.6 is 0 Å². The fraction of sp³-hybridized carbons (Fsp3) is 0.625. The standard InChI is InChI=1S/C8H14N4/c1-12-3-2-6-5-10-11-8(6)7(12)4-9/h5,7H,2-4,9H2,1H3,(H,10,11). The molecule has 0 aliphatic carbocycles. The molecule has 12 heavy (non-hydrogen) atoms. The van der Waals surface area contributed by atoms with Crippen LogP contribution in [-0.2, 0) is 6.42 Å². The maximum atomic E-state index is 5.68. The summed E-state index contributed by atoms with van der Waals surface area (Å²) >= 11 is 0. The first kappa shape index (κ1) is 7.76. The van der Waals surface area contributed by atoms with Gasteiger partial charge in [0.1, 0.15) is 0 Å². The number of hydrogen-bond donors (Lipinski definition) is 2. The quantitative estimate of drug-likeness (QED) is 0.612. The number of nitrogens with zero attached hydrogens (tertiary/aromatic N) is 2. The lowest BCUT2D eigenvalue weighted by Crippen LogP contribution is -2.36. The molecular weight excluding hydrogens is 152 g/mol. The van der Waals surface area contributed by atoms with Crippen LogP contribution in [0.5, 0.6) is 0 Å². The molecule has 4 heteroatoms. The van der Waals surface area contributed by atoms with Gasteiger partial charge in [-0.15, -0.1) is 0 Å². The molecule has 0 fully saturated rings. The normalized spacial score (nSPS) is 24.0. The van der Waals surface area contributed by atoms with E-state index in [1.54, 1.807) is 0 Å². The smallest absolute Gasteiger partial charge is 0.0639 e. The third-order valence-corrected chi connectivity index (χ3v) is 2.57. The Morgan fingerprint density at radius 3 is 3.42 bits per heavy atom. The van der Waals surface area contributed by atoms with Gasteiger partial charge in [-0.1, -0.05) is 0 Å². The molecular formula is C8H14N4. The number of nitrogens with two attached hydrogens (primary N) is 1. The predicted octanol–water partition coefficient (Wildman–Crippen LogP) is -0.103. The van der Waals surface area contributed by atoms with Crippen LogP contribution in [0.1, 0.15) is 17.3 Å². The van der Waals surface area contributed by atoms with Crippen LogP contribution in [-0.4, -0.2) is 35.2 Å². The Bertz CT molecular complexity index is 268. The highest BCUT2D eigenvalue weighted by Crippen LogP contribution is 2.24. The van der Waals surface area contributed by atoms with Crippen molar-refractivity contribution >= 4 is 0 Å². The number of hydrogen-bond acceptors (Lipinski definition) is 3. The van der Waals surface area contributed by atoms with Crippen molar-refractivity contribution in [3.63, 3.8) is 0 Å². The summed E-state index contributed by atoms with van der Waals surface area (Å²) in [6, 6.07) is 0.330. The SMILES string of the molecule is CN1CCc2cn[nH]c2C1CN. The van der Waals surface area contributed by atoms with Crippen molar-refractivity contribution in [1.29, 1.82) is 0 Å². The number of nitrogens with one attached hydrogen (secondary N) is 1. The van der Waals surface area contributed by atoms with Gasteiger partial charge in [-0.2, -0.15) is 5.10 Å². The summed E-state index contributed by atoms with van der Waals surface area (Å²) in [7, 11) is 2.10. The molecule has 1 aliphatic rings. The van der Waals surface area contributed by atoms with E-state index in [1.165, 1.54) is 11.3 Å². The minimum absolute atomic E-state index is 0.330. The molecule has 0 radical (unpaired) electrons. The van der Waals surface area contributed by atoms with Crippen LogP contribution in [0.4, 0.5) is 0 Å². The Kier molecular flexibility index (Phi) is 1.86. The van der Waals surface area contributed by atoms with Crippen LogP contribution in [0, 0.1) is 0 Å². The van der Waals surface area contributed by atoms with E-state index in [0.717, 1.165) is 13.0 Å². The summed E-state index contributed by atoms with van der Waals surface area (Å²) in [6.45, 7) is 1.74. The van der Waals surface area contributed by atoms with Crippen LogP contribution < -0.4 is 5.73 Å². The van der Waals surface area contributed by atoms with Crippen LogP contribution in [0.15, 0.2) is 6.20 Å². The van der Waals surface area contributed by atoms with E-state index in [4.69, 9.17) is 5.73 Å². The van der Waals surface area contributed by atoms with Gasteiger partial charge in [0.05, 0.1) is 17.9 Å². The lowest BCUT2D eigenvalue weighted by molar-refractivity contribution is 0.232. The molecule has 1 aromatic heterocycles. The largest absolute Gasteiger partial charge is 0.329 e. The van der Waals surface area contributed by atoms with Crippen molar-refractivity contribution in [3.8, 4) is 0 Å². The fourth-order valence-corrected chi connectivity index (χ4v) is 1.78. The van der Waals surface area contributed by atoms with Crippen LogP contribution in [0.3, 0.4) is 0 Å². The van der Waals surface area contributed by atoms with E-state index in [9.17, 15) is 0 Å². The number of fused-ring (bicyclic) bond motifs is 1. The zero-order valence-corrected chi connectivity index (χ0v) is 7.25.